The van der Waals surface area contributed by atoms with Gasteiger partial charge in [0.15, 0.2) is 11.5 Å². The van der Waals surface area contributed by atoms with Crippen LogP contribution in [0, 0.1) is 15.5 Å². The molecule has 11 nitrogen and oxygen atoms in total. The topological polar surface area (TPSA) is 184 Å². The van der Waals surface area contributed by atoms with Gasteiger partial charge in [-0.25, -0.2) is 0 Å². The molecule has 1 rings (SSSR count). The summed E-state index contributed by atoms with van der Waals surface area (Å²) in [6.07, 6.45) is 2.78. The van der Waals surface area contributed by atoms with Crippen LogP contribution in [0.1, 0.15) is 5.56 Å². The lowest BCUT2D eigenvalue weighted by atomic mass is 10.2. The predicted octanol–water partition coefficient (Wildman–Crippen LogP) is -0.419. The molecule has 0 radical (unpaired) electrons. The third-order valence-electron chi connectivity index (χ3n) is 1.95. The lowest BCUT2D eigenvalue weighted by Gasteiger charge is -2.04. The minimum Gasteiger partial charge on any atom is -0.504 e. The van der Waals surface area contributed by atoms with Crippen LogP contribution in [0.4, 0.5) is 0 Å². The summed E-state index contributed by atoms with van der Waals surface area (Å²) < 4.78 is 4.93. The van der Waals surface area contributed by atoms with Gasteiger partial charge in [0.1, 0.15) is 0 Å². The standard InChI is InChI=1S/C11H14N4O3.HNO3/c1-18-9-6-7(2-4-8(9)16)3-5-10(17)14-15-11(12)13;2-1(3)4/h2-6,16H,1H3,(H,14,17)(H4,12,13,15);(H,2,3,4)/b5-3+;. The van der Waals surface area contributed by atoms with Gasteiger partial charge in [0, 0.05) is 6.08 Å². The van der Waals surface area contributed by atoms with Gasteiger partial charge < -0.3 is 20.8 Å². The highest BCUT2D eigenvalue weighted by atomic mass is 16.9. The van der Waals surface area contributed by atoms with Crippen molar-refractivity contribution in [3.8, 4) is 11.5 Å². The molecule has 120 valence electrons. The van der Waals surface area contributed by atoms with Gasteiger partial charge in [-0.1, -0.05) is 6.07 Å². The van der Waals surface area contributed by atoms with Gasteiger partial charge in [0.2, 0.25) is 5.96 Å². The summed E-state index contributed by atoms with van der Waals surface area (Å²) >= 11 is 0. The summed E-state index contributed by atoms with van der Waals surface area (Å²) in [5, 5.41) is 29.9. The van der Waals surface area contributed by atoms with Crippen LogP contribution in [-0.4, -0.2) is 34.4 Å². The molecule has 0 unspecified atom stereocenters. The fourth-order valence-corrected chi connectivity index (χ4v) is 1.14. The average Bonchev–Trinajstić information content (AvgIpc) is 2.43. The van der Waals surface area contributed by atoms with Gasteiger partial charge in [-0.15, -0.1) is 10.1 Å². The Hall–Kier alpha value is -3.50. The van der Waals surface area contributed by atoms with E-state index < -0.39 is 11.0 Å². The van der Waals surface area contributed by atoms with Crippen LogP contribution in [0.15, 0.2) is 24.3 Å². The monoisotopic (exact) mass is 313 g/mol. The Morgan fingerprint density at radius 2 is 2.09 bits per heavy atom. The van der Waals surface area contributed by atoms with Crippen molar-refractivity contribution in [2.24, 2.45) is 5.73 Å². The zero-order valence-electron chi connectivity index (χ0n) is 11.4. The summed E-state index contributed by atoms with van der Waals surface area (Å²) in [7, 11) is 1.44. The molecule has 0 saturated carbocycles. The van der Waals surface area contributed by atoms with Gasteiger partial charge in [-0.3, -0.25) is 21.1 Å². The molecule has 1 amide bonds. The average molecular weight is 313 g/mol. The smallest absolute Gasteiger partial charge is 0.291 e. The normalized spacial score (nSPS) is 9.32. The zero-order chi connectivity index (χ0) is 17.1. The quantitative estimate of drug-likeness (QED) is 0.143. The van der Waals surface area contributed by atoms with Crippen LogP contribution in [-0.2, 0) is 4.79 Å². The maximum Gasteiger partial charge on any atom is 0.291 e. The summed E-state index contributed by atoms with van der Waals surface area (Å²) in [6.45, 7) is 0. The Bertz CT molecular complexity index is 570. The molecule has 0 aromatic heterocycles. The highest BCUT2D eigenvalue weighted by Gasteiger charge is 2.01. The number of amides is 1. The molecular weight excluding hydrogens is 298 g/mol. The number of nitrogens with zero attached hydrogens (tertiary/aromatic N) is 1. The number of benzene rings is 1. The third-order valence-corrected chi connectivity index (χ3v) is 1.95. The van der Waals surface area contributed by atoms with Crippen LogP contribution < -0.4 is 21.3 Å². The summed E-state index contributed by atoms with van der Waals surface area (Å²) in [6, 6.07) is 4.67. The summed E-state index contributed by atoms with van der Waals surface area (Å²) in [4.78, 5) is 19.6. The maximum atomic E-state index is 11.2. The van der Waals surface area contributed by atoms with Crippen LogP contribution in [0.2, 0.25) is 0 Å². The van der Waals surface area contributed by atoms with Crippen molar-refractivity contribution < 1.29 is 24.9 Å². The van der Waals surface area contributed by atoms with Gasteiger partial charge in [0.25, 0.3) is 11.0 Å². The van der Waals surface area contributed by atoms with Gasteiger partial charge in [-0.05, 0) is 23.8 Å². The van der Waals surface area contributed by atoms with E-state index in [0.29, 0.717) is 11.3 Å². The number of carbonyl (C=O) groups excluding carboxylic acids is 1. The van der Waals surface area contributed by atoms with E-state index in [1.54, 1.807) is 12.1 Å². The molecule has 1 aromatic rings. The molecule has 22 heavy (non-hydrogen) atoms. The van der Waals surface area contributed by atoms with Gasteiger partial charge in [0.05, 0.1) is 7.11 Å². The number of rotatable bonds is 3. The Labute approximate surface area is 124 Å². The van der Waals surface area contributed by atoms with Gasteiger partial charge >= 0.3 is 0 Å². The lowest BCUT2D eigenvalue weighted by molar-refractivity contribution is -0.742. The molecule has 0 aliphatic rings. The highest BCUT2D eigenvalue weighted by molar-refractivity contribution is 5.93. The van der Waals surface area contributed by atoms with E-state index in [2.05, 4.69) is 10.9 Å². The molecule has 0 aliphatic heterocycles. The van der Waals surface area contributed by atoms with E-state index in [-0.39, 0.29) is 11.7 Å². The fourth-order valence-electron chi connectivity index (χ4n) is 1.14. The number of nitrogens with one attached hydrogen (secondary N) is 3. The number of nitrogens with two attached hydrogens (primary N) is 1. The number of hydrogen-bond acceptors (Lipinski definition) is 6. The third kappa shape index (κ3) is 8.58. The van der Waals surface area contributed by atoms with Crippen LogP contribution in [0.5, 0.6) is 11.5 Å². The van der Waals surface area contributed by atoms with Gasteiger partial charge in [-0.2, -0.15) is 0 Å². The van der Waals surface area contributed by atoms with Crippen molar-refractivity contribution in [3.05, 3.63) is 40.0 Å². The highest BCUT2D eigenvalue weighted by Crippen LogP contribution is 2.26. The molecule has 0 atom stereocenters. The number of hydrazine groups is 1. The van der Waals surface area contributed by atoms with Crippen molar-refractivity contribution in [3.63, 3.8) is 0 Å². The molecule has 0 aliphatic carbocycles. The number of phenolic OH excluding ortho intramolecular Hbond substituents is 1. The first kappa shape index (κ1) is 18.5. The largest absolute Gasteiger partial charge is 0.504 e. The van der Waals surface area contributed by atoms with Crippen molar-refractivity contribution in [2.75, 3.05) is 7.11 Å². The number of hydrogen-bond donors (Lipinski definition) is 6. The molecule has 1 aromatic carbocycles. The minimum absolute atomic E-state index is 0.0253. The van der Waals surface area contributed by atoms with E-state index in [4.69, 9.17) is 31.2 Å². The molecular formula is C11H15N5O6. The van der Waals surface area contributed by atoms with Crippen molar-refractivity contribution >= 4 is 17.9 Å². The molecule has 7 N–H and O–H groups in total. The first-order valence-electron chi connectivity index (χ1n) is 5.54. The van der Waals surface area contributed by atoms with E-state index in [1.165, 1.54) is 25.3 Å². The molecule has 0 fully saturated rings. The first-order valence-corrected chi connectivity index (χ1v) is 5.54. The zero-order valence-corrected chi connectivity index (χ0v) is 11.4. The maximum absolute atomic E-state index is 11.2. The number of phenols is 1. The Kier molecular flexibility index (Phi) is 7.91. The SMILES string of the molecule is COc1cc(/C=C/C(=O)NNC(=N)N)ccc1O.O=[N+]([O-])O. The second-order valence-corrected chi connectivity index (χ2v) is 3.53. The molecule has 0 spiro atoms. The minimum atomic E-state index is -1.50. The van der Waals surface area contributed by atoms with Crippen LogP contribution >= 0.6 is 0 Å². The second-order valence-electron chi connectivity index (χ2n) is 3.53. The van der Waals surface area contributed by atoms with E-state index in [1.807, 2.05) is 0 Å². The van der Waals surface area contributed by atoms with E-state index in [9.17, 15) is 9.90 Å². The molecule has 0 bridgehead atoms. The second kappa shape index (κ2) is 9.41. The van der Waals surface area contributed by atoms with Crippen LogP contribution in [0.25, 0.3) is 6.08 Å². The number of aromatic hydroxyl groups is 1. The molecule has 11 heteroatoms. The summed E-state index contributed by atoms with van der Waals surface area (Å²) in [5.41, 5.74) is 10.0. The number of ether oxygens (including phenoxy) is 1. The Balaban J connectivity index is 0.000000980. The van der Waals surface area contributed by atoms with Crippen LogP contribution in [0.3, 0.4) is 0 Å². The molecule has 0 heterocycles. The predicted molar refractivity (Wildman–Crippen MR) is 75.7 cm³/mol. The molecule has 0 saturated heterocycles. The van der Waals surface area contributed by atoms with Crippen molar-refractivity contribution in [1.82, 2.24) is 10.9 Å². The number of carbonyl (C=O) groups is 1. The Morgan fingerprint density at radius 1 is 1.50 bits per heavy atom. The Morgan fingerprint density at radius 3 is 2.59 bits per heavy atom. The van der Waals surface area contributed by atoms with E-state index >= 15 is 0 Å². The van der Waals surface area contributed by atoms with Crippen molar-refractivity contribution in [2.45, 2.75) is 0 Å². The van der Waals surface area contributed by atoms with E-state index in [0.717, 1.165) is 0 Å². The number of methoxy groups -OCH3 is 1. The number of guanidine groups is 1. The first-order chi connectivity index (χ1) is 10.3. The van der Waals surface area contributed by atoms with Crippen molar-refractivity contribution in [1.29, 1.82) is 5.41 Å². The summed E-state index contributed by atoms with van der Waals surface area (Å²) in [5.74, 6) is -0.475. The fraction of sp³-hybridized carbons (Fsp3) is 0.0909. The lowest BCUT2D eigenvalue weighted by Crippen LogP contribution is -2.44.